The molecule has 0 bridgehead atoms. The number of carbonyl (C=O) groups is 2. The number of thioether (sulfide) groups is 1. The van der Waals surface area contributed by atoms with Gasteiger partial charge in [0.15, 0.2) is 0 Å². The summed E-state index contributed by atoms with van der Waals surface area (Å²) in [5.41, 5.74) is 1.03. The van der Waals surface area contributed by atoms with E-state index in [-0.39, 0.29) is 28.4 Å². The summed E-state index contributed by atoms with van der Waals surface area (Å²) in [6.45, 7) is 11.1. The maximum atomic E-state index is 12.9. The molecule has 154 valence electrons. The van der Waals surface area contributed by atoms with Crippen LogP contribution in [0.1, 0.15) is 38.1 Å². The molecule has 0 radical (unpaired) electrons. The highest BCUT2D eigenvalue weighted by Crippen LogP contribution is 2.45. The number of amides is 2. The van der Waals surface area contributed by atoms with Gasteiger partial charge in [0.1, 0.15) is 5.37 Å². The first-order chi connectivity index (χ1) is 13.4. The van der Waals surface area contributed by atoms with E-state index in [1.165, 1.54) is 4.90 Å². The number of halogens is 1. The fourth-order valence-corrected chi connectivity index (χ4v) is 5.71. The molecule has 5 nitrogen and oxygen atoms in total. The minimum absolute atomic E-state index is 0.00522. The summed E-state index contributed by atoms with van der Waals surface area (Å²) >= 11 is 8.15. The van der Waals surface area contributed by atoms with E-state index in [1.807, 2.05) is 47.9 Å². The molecule has 3 rings (SSSR count). The molecule has 0 spiro atoms. The van der Waals surface area contributed by atoms with Crippen LogP contribution in [0.4, 0.5) is 0 Å². The number of piperazine rings is 1. The summed E-state index contributed by atoms with van der Waals surface area (Å²) in [7, 11) is 0. The van der Waals surface area contributed by atoms with E-state index in [2.05, 4.69) is 6.92 Å². The molecule has 0 aromatic heterocycles. The lowest BCUT2D eigenvalue weighted by Crippen LogP contribution is -3.15. The minimum atomic E-state index is -0.00522. The second-order valence-electron chi connectivity index (χ2n) is 7.92. The lowest BCUT2D eigenvalue weighted by Gasteiger charge is -2.34. The van der Waals surface area contributed by atoms with Crippen LogP contribution in [0.25, 0.3) is 0 Å². The maximum absolute atomic E-state index is 12.9. The molecule has 2 amide bonds. The van der Waals surface area contributed by atoms with Crippen LogP contribution in [0.15, 0.2) is 24.3 Å². The van der Waals surface area contributed by atoms with Gasteiger partial charge in [-0.15, -0.1) is 11.8 Å². The first-order valence-corrected chi connectivity index (χ1v) is 11.6. The third kappa shape index (κ3) is 4.66. The third-order valence-corrected chi connectivity index (χ3v) is 7.63. The van der Waals surface area contributed by atoms with E-state index in [4.69, 9.17) is 11.6 Å². The lowest BCUT2D eigenvalue weighted by molar-refractivity contribution is -0.903. The van der Waals surface area contributed by atoms with Crippen molar-refractivity contribution < 1.29 is 14.5 Å². The number of rotatable bonds is 6. The number of nitrogens with one attached hydrogen (secondary N) is 1. The Labute approximate surface area is 177 Å². The first-order valence-electron chi connectivity index (χ1n) is 10.2. The Morgan fingerprint density at radius 3 is 2.57 bits per heavy atom. The molecule has 1 N–H and O–H groups in total. The molecule has 2 aliphatic heterocycles. The highest BCUT2D eigenvalue weighted by atomic mass is 35.5. The maximum Gasteiger partial charge on any atom is 0.237 e. The number of nitrogens with zero attached hydrogens (tertiary/aromatic N) is 2. The van der Waals surface area contributed by atoms with Crippen molar-refractivity contribution in [3.05, 3.63) is 34.9 Å². The van der Waals surface area contributed by atoms with Gasteiger partial charge in [0.05, 0.1) is 44.5 Å². The van der Waals surface area contributed by atoms with Crippen molar-refractivity contribution in [3.8, 4) is 0 Å². The van der Waals surface area contributed by atoms with Crippen molar-refractivity contribution in [2.75, 3.05) is 39.3 Å². The zero-order valence-corrected chi connectivity index (χ0v) is 18.6. The summed E-state index contributed by atoms with van der Waals surface area (Å²) in [5.74, 6) is 0.531. The molecule has 1 aromatic carbocycles. The summed E-state index contributed by atoms with van der Waals surface area (Å²) in [6.07, 6.45) is 0.837. The molecule has 1 aromatic rings. The molecule has 0 unspecified atom stereocenters. The monoisotopic (exact) mass is 424 g/mol. The van der Waals surface area contributed by atoms with Crippen LogP contribution in [-0.4, -0.2) is 66.1 Å². The van der Waals surface area contributed by atoms with Gasteiger partial charge in [0, 0.05) is 16.5 Å². The van der Waals surface area contributed by atoms with E-state index >= 15 is 0 Å². The number of quaternary nitrogens is 1. The van der Waals surface area contributed by atoms with Gasteiger partial charge in [-0.25, -0.2) is 0 Å². The number of hydrogen-bond donors (Lipinski definition) is 1. The topological polar surface area (TPSA) is 45.1 Å². The predicted molar refractivity (Wildman–Crippen MR) is 115 cm³/mol. The SMILES string of the molecule is CC[C@@H]1S[C@H](c2ccccc2Cl)N(CC[NH+]2CCN(C(=O)C(C)C)CC2)C1=O. The highest BCUT2D eigenvalue weighted by molar-refractivity contribution is 8.01. The van der Waals surface area contributed by atoms with E-state index in [9.17, 15) is 9.59 Å². The van der Waals surface area contributed by atoms with E-state index in [0.717, 1.165) is 56.3 Å². The molecule has 0 aliphatic carbocycles. The summed E-state index contributed by atoms with van der Waals surface area (Å²) in [4.78, 5) is 30.5. The first kappa shape index (κ1) is 21.5. The predicted octanol–water partition coefficient (Wildman–Crippen LogP) is 2.08. The van der Waals surface area contributed by atoms with Crippen LogP contribution in [-0.2, 0) is 9.59 Å². The Morgan fingerprint density at radius 2 is 1.96 bits per heavy atom. The van der Waals surface area contributed by atoms with Crippen LogP contribution < -0.4 is 4.90 Å². The third-order valence-electron chi connectivity index (χ3n) is 5.66. The molecule has 2 saturated heterocycles. The van der Waals surface area contributed by atoms with Crippen molar-refractivity contribution in [2.24, 2.45) is 5.92 Å². The zero-order valence-electron chi connectivity index (χ0n) is 17.0. The average Bonchev–Trinajstić information content (AvgIpc) is 3.02. The van der Waals surface area contributed by atoms with E-state index in [0.29, 0.717) is 0 Å². The smallest absolute Gasteiger partial charge is 0.237 e. The zero-order chi connectivity index (χ0) is 20.3. The summed E-state index contributed by atoms with van der Waals surface area (Å²) in [5, 5.41) is 0.730. The van der Waals surface area contributed by atoms with Crippen LogP contribution in [0.5, 0.6) is 0 Å². The van der Waals surface area contributed by atoms with Gasteiger partial charge in [-0.3, -0.25) is 9.59 Å². The van der Waals surface area contributed by atoms with Gasteiger partial charge in [-0.1, -0.05) is 50.6 Å². The molecule has 2 heterocycles. The molecule has 7 heteroatoms. The fourth-order valence-electron chi connectivity index (χ4n) is 3.94. The quantitative estimate of drug-likeness (QED) is 0.760. The van der Waals surface area contributed by atoms with Crippen molar-refractivity contribution in [3.63, 3.8) is 0 Å². The van der Waals surface area contributed by atoms with Gasteiger partial charge < -0.3 is 14.7 Å². The minimum Gasteiger partial charge on any atom is -0.331 e. The Bertz CT molecular complexity index is 707. The normalized spacial score (nSPS) is 23.7. The van der Waals surface area contributed by atoms with Crippen molar-refractivity contribution in [1.82, 2.24) is 9.80 Å². The Balaban J connectivity index is 1.61. The van der Waals surface area contributed by atoms with Crippen LogP contribution in [0.2, 0.25) is 5.02 Å². The summed E-state index contributed by atoms with van der Waals surface area (Å²) in [6, 6.07) is 7.84. The second-order valence-corrected chi connectivity index (χ2v) is 9.61. The highest BCUT2D eigenvalue weighted by Gasteiger charge is 2.41. The molecule has 2 aliphatic rings. The van der Waals surface area contributed by atoms with Gasteiger partial charge in [-0.05, 0) is 12.5 Å². The van der Waals surface area contributed by atoms with E-state index in [1.54, 1.807) is 11.8 Å². The fraction of sp³-hybridized carbons (Fsp3) is 0.619. The number of hydrogen-bond acceptors (Lipinski definition) is 3. The summed E-state index contributed by atoms with van der Waals surface area (Å²) < 4.78 is 0. The van der Waals surface area contributed by atoms with Gasteiger partial charge >= 0.3 is 0 Å². The van der Waals surface area contributed by atoms with Gasteiger partial charge in [-0.2, -0.15) is 0 Å². The molecule has 2 fully saturated rings. The molecular formula is C21H31ClN3O2S+. The van der Waals surface area contributed by atoms with E-state index < -0.39 is 0 Å². The van der Waals surface area contributed by atoms with Gasteiger partial charge in [0.2, 0.25) is 11.8 Å². The average molecular weight is 425 g/mol. The van der Waals surface area contributed by atoms with Crippen LogP contribution >= 0.6 is 23.4 Å². The molecule has 0 saturated carbocycles. The standard InChI is InChI=1S/C21H30ClN3O2S/c1-4-18-20(27)25(21(28-18)16-7-5-6-8-17(16)22)14-11-23-9-12-24(13-10-23)19(26)15(2)3/h5-8,15,18,21H,4,9-14H2,1-3H3/p+1/t18-,21+/m0/s1. The number of benzene rings is 1. The Hall–Kier alpha value is -1.24. The molecular weight excluding hydrogens is 394 g/mol. The van der Waals surface area contributed by atoms with Crippen molar-refractivity contribution in [2.45, 2.75) is 37.8 Å². The second kappa shape index (κ2) is 9.51. The molecule has 2 atom stereocenters. The Kier molecular flexibility index (Phi) is 7.29. The Morgan fingerprint density at radius 1 is 1.29 bits per heavy atom. The van der Waals surface area contributed by atoms with Crippen molar-refractivity contribution in [1.29, 1.82) is 0 Å². The van der Waals surface area contributed by atoms with Crippen LogP contribution in [0.3, 0.4) is 0 Å². The lowest BCUT2D eigenvalue weighted by atomic mass is 10.1. The number of carbonyl (C=O) groups excluding carboxylic acids is 2. The molecule has 28 heavy (non-hydrogen) atoms. The van der Waals surface area contributed by atoms with Crippen LogP contribution in [0, 0.1) is 5.92 Å². The largest absolute Gasteiger partial charge is 0.331 e. The van der Waals surface area contributed by atoms with Crippen molar-refractivity contribution >= 4 is 35.2 Å². The van der Waals surface area contributed by atoms with Gasteiger partial charge in [0.25, 0.3) is 0 Å².